The van der Waals surface area contributed by atoms with Crippen LogP contribution in [0.15, 0.2) is 86.4 Å². The molecule has 0 bridgehead atoms. The lowest BCUT2D eigenvalue weighted by atomic mass is 10.1. The quantitative estimate of drug-likeness (QED) is 0.385. The molecule has 0 aliphatic rings. The van der Waals surface area contributed by atoms with Crippen LogP contribution in [0.2, 0.25) is 0 Å². The topological polar surface area (TPSA) is 134 Å². The summed E-state index contributed by atoms with van der Waals surface area (Å²) in [5, 5.41) is 16.8. The molecule has 164 valence electrons. The second-order valence-corrected chi connectivity index (χ2v) is 8.95. The highest BCUT2D eigenvalue weighted by Crippen LogP contribution is 2.30. The van der Waals surface area contributed by atoms with Crippen LogP contribution < -0.4 is 16.4 Å². The van der Waals surface area contributed by atoms with Crippen LogP contribution in [-0.4, -0.2) is 41.4 Å². The molecule has 0 fully saturated rings. The molecule has 0 saturated carbocycles. The summed E-state index contributed by atoms with van der Waals surface area (Å²) in [6.07, 6.45) is 2.89. The number of sulfone groups is 1. The number of aromatic nitrogens is 3. The number of aromatic amines is 1. The van der Waals surface area contributed by atoms with E-state index in [-0.39, 0.29) is 46.1 Å². The van der Waals surface area contributed by atoms with Gasteiger partial charge in [-0.1, -0.05) is 24.3 Å². The van der Waals surface area contributed by atoms with Crippen LogP contribution in [0.25, 0.3) is 10.8 Å². The number of aliphatic hydroxyl groups excluding tert-OH is 1. The van der Waals surface area contributed by atoms with Gasteiger partial charge in [0.15, 0.2) is 0 Å². The van der Waals surface area contributed by atoms with Crippen molar-refractivity contribution in [2.24, 2.45) is 0 Å². The van der Waals surface area contributed by atoms with E-state index in [1.807, 2.05) is 0 Å². The zero-order valence-electron chi connectivity index (χ0n) is 16.9. The van der Waals surface area contributed by atoms with Crippen LogP contribution in [0.1, 0.15) is 5.56 Å². The van der Waals surface area contributed by atoms with Gasteiger partial charge in [-0.2, -0.15) is 5.10 Å². The largest absolute Gasteiger partial charge is 0.395 e. The Morgan fingerprint density at radius 2 is 1.84 bits per heavy atom. The maximum absolute atomic E-state index is 13.2. The highest BCUT2D eigenvalue weighted by molar-refractivity contribution is 7.91. The van der Waals surface area contributed by atoms with Crippen molar-refractivity contribution in [2.45, 2.75) is 16.3 Å². The fourth-order valence-electron chi connectivity index (χ4n) is 3.34. The number of benzene rings is 2. The van der Waals surface area contributed by atoms with Gasteiger partial charge in [-0.05, 0) is 30.3 Å². The second-order valence-electron chi connectivity index (χ2n) is 7.03. The Morgan fingerprint density at radius 1 is 1.06 bits per heavy atom. The monoisotopic (exact) mass is 452 g/mol. The normalized spacial score (nSPS) is 11.5. The highest BCUT2D eigenvalue weighted by atomic mass is 32.2. The fourth-order valence-corrected chi connectivity index (χ4v) is 4.82. The lowest BCUT2D eigenvalue weighted by molar-refractivity contribution is 0.311. The number of nitrogens with one attached hydrogen (secondary N) is 2. The minimum atomic E-state index is -3.89. The standard InChI is InChI=1S/C22H20N4O5S/c27-10-9-23-19-12-18-16(11-20(19)32(30,31)17-6-2-1-3-7-17)13-25-26(22(18)29)14-15-5-4-8-24-21(15)28/h1-8,11-13,23,27H,9-10,14H2,(H,24,28). The number of aliphatic hydroxyl groups is 1. The van der Waals surface area contributed by atoms with Gasteiger partial charge in [-0.25, -0.2) is 13.1 Å². The Labute approximate surface area is 182 Å². The average Bonchev–Trinajstić information content (AvgIpc) is 2.81. The Balaban J connectivity index is 1.87. The summed E-state index contributed by atoms with van der Waals surface area (Å²) >= 11 is 0. The van der Waals surface area contributed by atoms with Crippen molar-refractivity contribution in [3.05, 3.63) is 93.3 Å². The molecule has 2 heterocycles. The van der Waals surface area contributed by atoms with E-state index >= 15 is 0 Å². The third-order valence-electron chi connectivity index (χ3n) is 4.94. The van der Waals surface area contributed by atoms with Crippen molar-refractivity contribution in [3.8, 4) is 0 Å². The van der Waals surface area contributed by atoms with Gasteiger partial charge in [0, 0.05) is 23.7 Å². The molecule has 3 N–H and O–H groups in total. The van der Waals surface area contributed by atoms with Crippen molar-refractivity contribution in [1.82, 2.24) is 14.8 Å². The summed E-state index contributed by atoms with van der Waals surface area (Å²) in [4.78, 5) is 27.7. The number of hydrogen-bond donors (Lipinski definition) is 3. The number of hydrogen-bond acceptors (Lipinski definition) is 7. The number of fused-ring (bicyclic) bond motifs is 1. The molecule has 0 aliphatic heterocycles. The first-order valence-corrected chi connectivity index (χ1v) is 11.3. The van der Waals surface area contributed by atoms with Gasteiger partial charge >= 0.3 is 0 Å². The SMILES string of the molecule is O=c1[nH]cccc1Cn1ncc2cc(S(=O)(=O)c3ccccc3)c(NCCO)cc2c1=O. The molecular weight excluding hydrogens is 432 g/mol. The van der Waals surface area contributed by atoms with Crippen molar-refractivity contribution in [2.75, 3.05) is 18.5 Å². The zero-order valence-corrected chi connectivity index (χ0v) is 17.7. The lowest BCUT2D eigenvalue weighted by Crippen LogP contribution is -2.26. The van der Waals surface area contributed by atoms with Crippen molar-refractivity contribution in [3.63, 3.8) is 0 Å². The molecule has 4 aromatic rings. The van der Waals surface area contributed by atoms with Crippen molar-refractivity contribution < 1.29 is 13.5 Å². The maximum Gasteiger partial charge on any atom is 0.275 e. The molecule has 9 nitrogen and oxygen atoms in total. The van der Waals surface area contributed by atoms with E-state index in [4.69, 9.17) is 0 Å². The molecule has 4 rings (SSSR count). The molecule has 0 spiro atoms. The second kappa shape index (κ2) is 8.77. The van der Waals surface area contributed by atoms with Gasteiger partial charge in [-0.15, -0.1) is 0 Å². The summed E-state index contributed by atoms with van der Waals surface area (Å²) < 4.78 is 27.6. The van der Waals surface area contributed by atoms with Crippen LogP contribution in [0.5, 0.6) is 0 Å². The first kappa shape index (κ1) is 21.5. The zero-order chi connectivity index (χ0) is 22.7. The minimum Gasteiger partial charge on any atom is -0.395 e. The summed E-state index contributed by atoms with van der Waals surface area (Å²) in [7, 11) is -3.89. The third kappa shape index (κ3) is 4.05. The third-order valence-corrected chi connectivity index (χ3v) is 6.75. The molecule has 0 atom stereocenters. The molecule has 0 amide bonds. The minimum absolute atomic E-state index is 0.0249. The smallest absolute Gasteiger partial charge is 0.275 e. The van der Waals surface area contributed by atoms with Crippen LogP contribution >= 0.6 is 0 Å². The molecule has 32 heavy (non-hydrogen) atoms. The summed E-state index contributed by atoms with van der Waals surface area (Å²) in [6.45, 7) is -0.157. The fraction of sp³-hybridized carbons (Fsp3) is 0.136. The maximum atomic E-state index is 13.2. The Bertz CT molecular complexity index is 1490. The van der Waals surface area contributed by atoms with Gasteiger partial charge in [0.2, 0.25) is 9.84 Å². The first-order chi connectivity index (χ1) is 15.4. The molecular formula is C22H20N4O5S. The molecule has 0 radical (unpaired) electrons. The van der Waals surface area contributed by atoms with Gasteiger partial charge < -0.3 is 15.4 Å². The van der Waals surface area contributed by atoms with Crippen molar-refractivity contribution >= 4 is 26.3 Å². The van der Waals surface area contributed by atoms with E-state index in [9.17, 15) is 23.1 Å². The number of anilines is 1. The summed E-state index contributed by atoms with van der Waals surface area (Å²) in [5.74, 6) is 0. The molecule has 2 aromatic carbocycles. The van der Waals surface area contributed by atoms with E-state index in [0.717, 1.165) is 4.68 Å². The van der Waals surface area contributed by atoms with Crippen LogP contribution in [0.4, 0.5) is 5.69 Å². The number of H-pyrrole nitrogens is 1. The van der Waals surface area contributed by atoms with Gasteiger partial charge in [0.25, 0.3) is 11.1 Å². The van der Waals surface area contributed by atoms with E-state index in [0.29, 0.717) is 10.9 Å². The first-order valence-electron chi connectivity index (χ1n) is 9.77. The molecule has 0 aliphatic carbocycles. The Hall–Kier alpha value is -3.76. The number of pyridine rings is 1. The predicted octanol–water partition coefficient (Wildman–Crippen LogP) is 1.37. The number of nitrogens with zero attached hydrogens (tertiary/aromatic N) is 2. The lowest BCUT2D eigenvalue weighted by Gasteiger charge is -2.14. The predicted molar refractivity (Wildman–Crippen MR) is 120 cm³/mol. The summed E-state index contributed by atoms with van der Waals surface area (Å²) in [6, 6.07) is 14.0. The van der Waals surface area contributed by atoms with Crippen LogP contribution in [0, 0.1) is 0 Å². The summed E-state index contributed by atoms with van der Waals surface area (Å²) in [5.41, 5.74) is -0.233. The van der Waals surface area contributed by atoms with E-state index in [2.05, 4.69) is 15.4 Å². The van der Waals surface area contributed by atoms with Crippen LogP contribution in [-0.2, 0) is 16.4 Å². The highest BCUT2D eigenvalue weighted by Gasteiger charge is 2.23. The number of rotatable bonds is 7. The molecule has 0 saturated heterocycles. The molecule has 0 unspecified atom stereocenters. The van der Waals surface area contributed by atoms with E-state index in [1.54, 1.807) is 30.3 Å². The van der Waals surface area contributed by atoms with Crippen molar-refractivity contribution in [1.29, 1.82) is 0 Å². The van der Waals surface area contributed by atoms with Gasteiger partial charge in [0.1, 0.15) is 0 Å². The molecule has 2 aromatic heterocycles. The van der Waals surface area contributed by atoms with E-state index in [1.165, 1.54) is 36.7 Å². The Kier molecular flexibility index (Phi) is 5.89. The van der Waals surface area contributed by atoms with E-state index < -0.39 is 15.4 Å². The van der Waals surface area contributed by atoms with Gasteiger partial charge in [-0.3, -0.25) is 9.59 Å². The molecule has 10 heteroatoms. The van der Waals surface area contributed by atoms with Crippen LogP contribution in [0.3, 0.4) is 0 Å². The average molecular weight is 452 g/mol. The van der Waals surface area contributed by atoms with Gasteiger partial charge in [0.05, 0.1) is 40.2 Å². The Morgan fingerprint density at radius 3 is 2.56 bits per heavy atom.